The number of nitrogens with zero attached hydrogens (tertiary/aromatic N) is 3. The van der Waals surface area contributed by atoms with Crippen LogP contribution in [0.15, 0.2) is 18.3 Å². The standard InChI is InChI=1S/C16H24N4O/c1-11-10-19(15(21)13-8-16(13,2)3)6-7-20(11)14-5-4-12(17)9-18-14/h4-5,9,11,13H,6-8,10,17H2,1-3H3/t11?,13-/m1/s1. The molecule has 1 aliphatic heterocycles. The highest BCUT2D eigenvalue weighted by molar-refractivity contribution is 5.82. The number of amides is 1. The van der Waals surface area contributed by atoms with Gasteiger partial charge in [-0.25, -0.2) is 4.98 Å². The summed E-state index contributed by atoms with van der Waals surface area (Å²) in [5.74, 6) is 1.50. The van der Waals surface area contributed by atoms with Crippen LogP contribution in [0.1, 0.15) is 27.2 Å². The Bertz CT molecular complexity index is 540. The van der Waals surface area contributed by atoms with E-state index in [1.54, 1.807) is 6.20 Å². The molecule has 1 amide bonds. The van der Waals surface area contributed by atoms with Crippen LogP contribution in [-0.4, -0.2) is 41.5 Å². The van der Waals surface area contributed by atoms with E-state index >= 15 is 0 Å². The molecule has 0 radical (unpaired) electrons. The molecule has 3 rings (SSSR count). The molecule has 1 aliphatic carbocycles. The second kappa shape index (κ2) is 4.90. The fourth-order valence-corrected chi connectivity index (χ4v) is 3.17. The van der Waals surface area contributed by atoms with Crippen LogP contribution in [0.5, 0.6) is 0 Å². The highest BCUT2D eigenvalue weighted by atomic mass is 16.2. The predicted octanol–water partition coefficient (Wildman–Crippen LogP) is 1.75. The second-order valence-electron chi connectivity index (χ2n) is 7.02. The molecule has 2 fully saturated rings. The van der Waals surface area contributed by atoms with Gasteiger partial charge in [0.1, 0.15) is 5.82 Å². The van der Waals surface area contributed by atoms with Gasteiger partial charge in [-0.2, -0.15) is 0 Å². The van der Waals surface area contributed by atoms with Crippen molar-refractivity contribution in [1.82, 2.24) is 9.88 Å². The third-order valence-electron chi connectivity index (χ3n) is 4.82. The van der Waals surface area contributed by atoms with Crippen LogP contribution in [0, 0.1) is 11.3 Å². The normalized spacial score (nSPS) is 27.6. The molecule has 5 heteroatoms. The van der Waals surface area contributed by atoms with Gasteiger partial charge in [0.15, 0.2) is 0 Å². The second-order valence-corrected chi connectivity index (χ2v) is 7.02. The number of carbonyl (C=O) groups excluding carboxylic acids is 1. The average molecular weight is 288 g/mol. The topological polar surface area (TPSA) is 62.5 Å². The molecular formula is C16H24N4O. The Morgan fingerprint density at radius 2 is 2.10 bits per heavy atom. The molecule has 1 saturated heterocycles. The third kappa shape index (κ3) is 2.69. The predicted molar refractivity (Wildman–Crippen MR) is 83.9 cm³/mol. The van der Waals surface area contributed by atoms with Crippen LogP contribution in [0.2, 0.25) is 0 Å². The SMILES string of the molecule is CC1CN(C(=O)[C@H]2CC2(C)C)CCN1c1ccc(N)cn1. The first-order chi connectivity index (χ1) is 9.88. The van der Waals surface area contributed by atoms with Crippen molar-refractivity contribution in [3.05, 3.63) is 18.3 Å². The summed E-state index contributed by atoms with van der Waals surface area (Å²) in [5, 5.41) is 0. The minimum atomic E-state index is 0.204. The van der Waals surface area contributed by atoms with E-state index in [9.17, 15) is 4.79 Å². The van der Waals surface area contributed by atoms with E-state index in [4.69, 9.17) is 5.73 Å². The summed E-state index contributed by atoms with van der Waals surface area (Å²) in [6.45, 7) is 8.88. The molecule has 114 valence electrons. The molecule has 2 aliphatic rings. The summed E-state index contributed by atoms with van der Waals surface area (Å²) < 4.78 is 0. The molecule has 1 unspecified atom stereocenters. The van der Waals surface area contributed by atoms with Crippen LogP contribution in [0.3, 0.4) is 0 Å². The number of nitrogen functional groups attached to an aromatic ring is 1. The smallest absolute Gasteiger partial charge is 0.226 e. The molecule has 0 spiro atoms. The molecule has 1 saturated carbocycles. The van der Waals surface area contributed by atoms with E-state index in [2.05, 4.69) is 30.7 Å². The van der Waals surface area contributed by atoms with Gasteiger partial charge in [-0.1, -0.05) is 13.8 Å². The van der Waals surface area contributed by atoms with Crippen molar-refractivity contribution < 1.29 is 4.79 Å². The van der Waals surface area contributed by atoms with Crippen molar-refractivity contribution >= 4 is 17.4 Å². The maximum Gasteiger partial charge on any atom is 0.226 e. The van der Waals surface area contributed by atoms with Crippen molar-refractivity contribution in [2.45, 2.75) is 33.2 Å². The lowest BCUT2D eigenvalue weighted by molar-refractivity contribution is -0.134. The quantitative estimate of drug-likeness (QED) is 0.900. The molecule has 0 bridgehead atoms. The van der Waals surface area contributed by atoms with Crippen LogP contribution in [0.4, 0.5) is 11.5 Å². The maximum absolute atomic E-state index is 12.5. The number of hydrogen-bond acceptors (Lipinski definition) is 4. The molecule has 2 atom stereocenters. The van der Waals surface area contributed by atoms with Crippen molar-refractivity contribution in [2.75, 3.05) is 30.3 Å². The zero-order valence-electron chi connectivity index (χ0n) is 13.0. The van der Waals surface area contributed by atoms with Crippen molar-refractivity contribution in [2.24, 2.45) is 11.3 Å². The van der Waals surface area contributed by atoms with Gasteiger partial charge < -0.3 is 15.5 Å². The highest BCUT2D eigenvalue weighted by Gasteiger charge is 2.52. The molecule has 2 N–H and O–H groups in total. The minimum absolute atomic E-state index is 0.204. The van der Waals surface area contributed by atoms with Crippen molar-refractivity contribution in [3.8, 4) is 0 Å². The Morgan fingerprint density at radius 1 is 1.38 bits per heavy atom. The summed E-state index contributed by atoms with van der Waals surface area (Å²) in [5.41, 5.74) is 6.57. The van der Waals surface area contributed by atoms with E-state index in [1.165, 1.54) is 0 Å². The first-order valence-electron chi connectivity index (χ1n) is 7.65. The van der Waals surface area contributed by atoms with Crippen LogP contribution >= 0.6 is 0 Å². The largest absolute Gasteiger partial charge is 0.397 e. The van der Waals surface area contributed by atoms with E-state index in [-0.39, 0.29) is 17.4 Å². The van der Waals surface area contributed by atoms with E-state index in [1.807, 2.05) is 17.0 Å². The summed E-state index contributed by atoms with van der Waals surface area (Å²) in [6.07, 6.45) is 2.71. The molecule has 0 aromatic carbocycles. The minimum Gasteiger partial charge on any atom is -0.397 e. The molecule has 1 aromatic rings. The zero-order chi connectivity index (χ0) is 15.2. The maximum atomic E-state index is 12.5. The van der Waals surface area contributed by atoms with Crippen LogP contribution < -0.4 is 10.6 Å². The number of rotatable bonds is 2. The molecule has 1 aromatic heterocycles. The van der Waals surface area contributed by atoms with Crippen LogP contribution in [-0.2, 0) is 4.79 Å². The summed E-state index contributed by atoms with van der Waals surface area (Å²) in [6, 6.07) is 4.10. The zero-order valence-corrected chi connectivity index (χ0v) is 13.0. The number of carbonyl (C=O) groups is 1. The van der Waals surface area contributed by atoms with Gasteiger partial charge in [-0.15, -0.1) is 0 Å². The van der Waals surface area contributed by atoms with Gasteiger partial charge in [0.05, 0.1) is 11.9 Å². The molecule has 21 heavy (non-hydrogen) atoms. The van der Waals surface area contributed by atoms with E-state index in [0.717, 1.165) is 31.9 Å². The third-order valence-corrected chi connectivity index (χ3v) is 4.82. The van der Waals surface area contributed by atoms with E-state index < -0.39 is 0 Å². The number of aromatic nitrogens is 1. The van der Waals surface area contributed by atoms with Gasteiger partial charge in [0, 0.05) is 31.6 Å². The Morgan fingerprint density at radius 3 is 2.62 bits per heavy atom. The van der Waals surface area contributed by atoms with Crippen molar-refractivity contribution in [3.63, 3.8) is 0 Å². The Hall–Kier alpha value is -1.78. The van der Waals surface area contributed by atoms with Gasteiger partial charge in [0.2, 0.25) is 5.91 Å². The lowest BCUT2D eigenvalue weighted by Gasteiger charge is -2.40. The fraction of sp³-hybridized carbons (Fsp3) is 0.625. The molecular weight excluding hydrogens is 264 g/mol. The van der Waals surface area contributed by atoms with Gasteiger partial charge in [-0.05, 0) is 30.9 Å². The summed E-state index contributed by atoms with van der Waals surface area (Å²) in [4.78, 5) is 21.2. The number of piperazine rings is 1. The lowest BCUT2D eigenvalue weighted by atomic mass is 10.1. The van der Waals surface area contributed by atoms with Crippen molar-refractivity contribution in [1.29, 1.82) is 0 Å². The Balaban J connectivity index is 1.64. The Labute approximate surface area is 126 Å². The number of anilines is 2. The first-order valence-corrected chi connectivity index (χ1v) is 7.65. The molecule has 5 nitrogen and oxygen atoms in total. The van der Waals surface area contributed by atoms with Gasteiger partial charge in [-0.3, -0.25) is 4.79 Å². The number of nitrogens with two attached hydrogens (primary N) is 1. The fourth-order valence-electron chi connectivity index (χ4n) is 3.17. The van der Waals surface area contributed by atoms with E-state index in [0.29, 0.717) is 11.6 Å². The molecule has 2 heterocycles. The number of hydrogen-bond donors (Lipinski definition) is 1. The number of pyridine rings is 1. The average Bonchev–Trinajstić information content (AvgIpc) is 3.08. The van der Waals surface area contributed by atoms with Gasteiger partial charge >= 0.3 is 0 Å². The summed E-state index contributed by atoms with van der Waals surface area (Å²) >= 11 is 0. The summed E-state index contributed by atoms with van der Waals surface area (Å²) in [7, 11) is 0. The lowest BCUT2D eigenvalue weighted by Crippen LogP contribution is -2.54. The van der Waals surface area contributed by atoms with Crippen LogP contribution in [0.25, 0.3) is 0 Å². The first kappa shape index (κ1) is 14.2. The highest BCUT2D eigenvalue weighted by Crippen LogP contribution is 2.52. The monoisotopic (exact) mass is 288 g/mol. The Kier molecular flexibility index (Phi) is 3.30. The van der Waals surface area contributed by atoms with Gasteiger partial charge in [0.25, 0.3) is 0 Å².